The minimum atomic E-state index is 0.777. The first-order chi connectivity index (χ1) is 6.66. The molecule has 2 N–H and O–H groups in total. The van der Waals surface area contributed by atoms with E-state index in [1.165, 1.54) is 6.42 Å². The van der Waals surface area contributed by atoms with E-state index in [1.807, 2.05) is 19.2 Å². The molecule has 1 unspecified atom stereocenters. The molecule has 1 aliphatic rings. The molecule has 0 saturated carbocycles. The summed E-state index contributed by atoms with van der Waals surface area (Å²) >= 11 is 0. The number of rotatable bonds is 1. The fraction of sp³-hybridized carbons (Fsp3) is 0.545. The van der Waals surface area contributed by atoms with Gasteiger partial charge in [-0.3, -0.25) is 0 Å². The molecule has 0 aliphatic carbocycles. The predicted octanol–water partition coefficient (Wildman–Crippen LogP) is 1.82. The van der Waals surface area contributed by atoms with Gasteiger partial charge in [0, 0.05) is 31.0 Å². The quantitative estimate of drug-likeness (QED) is 0.736. The van der Waals surface area contributed by atoms with Crippen molar-refractivity contribution in [2.45, 2.75) is 20.3 Å². The number of nitrogens with zero attached hydrogens (tertiary/aromatic N) is 2. The fourth-order valence-corrected chi connectivity index (χ4v) is 1.84. The van der Waals surface area contributed by atoms with Gasteiger partial charge in [-0.25, -0.2) is 4.98 Å². The molecule has 2 heterocycles. The zero-order valence-corrected chi connectivity index (χ0v) is 8.83. The van der Waals surface area contributed by atoms with Crippen LogP contribution in [0.15, 0.2) is 12.3 Å². The highest BCUT2D eigenvalue weighted by Crippen LogP contribution is 2.23. The van der Waals surface area contributed by atoms with E-state index in [2.05, 4.69) is 16.8 Å². The molecule has 0 spiro atoms. The van der Waals surface area contributed by atoms with Crippen LogP contribution in [0.25, 0.3) is 0 Å². The van der Waals surface area contributed by atoms with E-state index in [-0.39, 0.29) is 0 Å². The standard InChI is InChI=1S/C11H17N3/c1-8-3-4-14(7-8)11-5-10(12)9(2)6-13-11/h5-6,8H,3-4,7H2,1-2H3,(H2,12,13). The normalized spacial score (nSPS) is 21.6. The molecule has 0 aromatic carbocycles. The lowest BCUT2D eigenvalue weighted by Crippen LogP contribution is -2.20. The number of anilines is 2. The van der Waals surface area contributed by atoms with Gasteiger partial charge in [-0.2, -0.15) is 0 Å². The van der Waals surface area contributed by atoms with Crippen molar-refractivity contribution in [1.82, 2.24) is 4.98 Å². The first kappa shape index (κ1) is 9.31. The summed E-state index contributed by atoms with van der Waals surface area (Å²) in [5.41, 5.74) is 7.75. The van der Waals surface area contributed by atoms with Crippen LogP contribution in [0.2, 0.25) is 0 Å². The number of pyridine rings is 1. The van der Waals surface area contributed by atoms with Crippen LogP contribution in [-0.2, 0) is 0 Å². The summed E-state index contributed by atoms with van der Waals surface area (Å²) in [6.45, 7) is 6.47. The first-order valence-corrected chi connectivity index (χ1v) is 5.14. The van der Waals surface area contributed by atoms with Gasteiger partial charge < -0.3 is 10.6 Å². The van der Waals surface area contributed by atoms with E-state index in [9.17, 15) is 0 Å². The molecule has 1 saturated heterocycles. The van der Waals surface area contributed by atoms with Crippen LogP contribution < -0.4 is 10.6 Å². The highest BCUT2D eigenvalue weighted by Gasteiger charge is 2.19. The van der Waals surface area contributed by atoms with Crippen LogP contribution in [0.4, 0.5) is 11.5 Å². The molecule has 1 aliphatic heterocycles. The largest absolute Gasteiger partial charge is 0.398 e. The Hall–Kier alpha value is -1.25. The lowest BCUT2D eigenvalue weighted by Gasteiger charge is -2.17. The van der Waals surface area contributed by atoms with Gasteiger partial charge in [-0.1, -0.05) is 6.92 Å². The lowest BCUT2D eigenvalue weighted by atomic mass is 10.2. The molecule has 0 radical (unpaired) electrons. The van der Waals surface area contributed by atoms with E-state index in [0.717, 1.165) is 36.1 Å². The van der Waals surface area contributed by atoms with Crippen molar-refractivity contribution in [2.24, 2.45) is 5.92 Å². The second kappa shape index (κ2) is 3.48. The molecule has 14 heavy (non-hydrogen) atoms. The number of nitrogens with two attached hydrogens (primary N) is 1. The monoisotopic (exact) mass is 191 g/mol. The molecule has 3 nitrogen and oxygen atoms in total. The van der Waals surface area contributed by atoms with Crippen LogP contribution >= 0.6 is 0 Å². The number of aromatic nitrogens is 1. The second-order valence-electron chi connectivity index (χ2n) is 4.24. The summed E-state index contributed by atoms with van der Waals surface area (Å²) in [7, 11) is 0. The Bertz CT molecular complexity index is 335. The Kier molecular flexibility index (Phi) is 2.32. The van der Waals surface area contributed by atoms with Crippen LogP contribution in [0.1, 0.15) is 18.9 Å². The third-order valence-electron chi connectivity index (χ3n) is 2.88. The number of nitrogen functional groups attached to an aromatic ring is 1. The Labute approximate surface area is 84.9 Å². The maximum Gasteiger partial charge on any atom is 0.130 e. The molecule has 1 aromatic rings. The Morgan fingerprint density at radius 2 is 2.36 bits per heavy atom. The minimum Gasteiger partial charge on any atom is -0.398 e. The Morgan fingerprint density at radius 1 is 1.57 bits per heavy atom. The van der Waals surface area contributed by atoms with Crippen LogP contribution in [0.5, 0.6) is 0 Å². The van der Waals surface area contributed by atoms with Gasteiger partial charge in [0.05, 0.1) is 0 Å². The van der Waals surface area contributed by atoms with Gasteiger partial charge in [0.15, 0.2) is 0 Å². The number of hydrogen-bond donors (Lipinski definition) is 1. The van der Waals surface area contributed by atoms with Crippen molar-refractivity contribution >= 4 is 11.5 Å². The predicted molar refractivity (Wildman–Crippen MR) is 59.4 cm³/mol. The van der Waals surface area contributed by atoms with E-state index in [1.54, 1.807) is 0 Å². The van der Waals surface area contributed by atoms with Gasteiger partial charge in [0.1, 0.15) is 5.82 Å². The van der Waals surface area contributed by atoms with E-state index in [0.29, 0.717) is 0 Å². The van der Waals surface area contributed by atoms with E-state index in [4.69, 9.17) is 5.73 Å². The van der Waals surface area contributed by atoms with Crippen molar-refractivity contribution < 1.29 is 0 Å². The van der Waals surface area contributed by atoms with Crippen molar-refractivity contribution in [3.63, 3.8) is 0 Å². The second-order valence-corrected chi connectivity index (χ2v) is 4.24. The minimum absolute atomic E-state index is 0.777. The summed E-state index contributed by atoms with van der Waals surface area (Å²) in [5.74, 6) is 1.80. The maximum atomic E-state index is 5.86. The van der Waals surface area contributed by atoms with Gasteiger partial charge in [-0.05, 0) is 24.8 Å². The van der Waals surface area contributed by atoms with Crippen LogP contribution in [-0.4, -0.2) is 18.1 Å². The fourth-order valence-electron chi connectivity index (χ4n) is 1.84. The zero-order valence-electron chi connectivity index (χ0n) is 8.83. The van der Waals surface area contributed by atoms with E-state index < -0.39 is 0 Å². The average Bonchev–Trinajstić information content (AvgIpc) is 2.57. The SMILES string of the molecule is Cc1cnc(N2CCC(C)C2)cc1N. The molecule has 2 rings (SSSR count). The highest BCUT2D eigenvalue weighted by atomic mass is 15.2. The lowest BCUT2D eigenvalue weighted by molar-refractivity contribution is 0.659. The third kappa shape index (κ3) is 1.67. The molecule has 1 fully saturated rings. The smallest absolute Gasteiger partial charge is 0.130 e. The van der Waals surface area contributed by atoms with Gasteiger partial charge in [0.25, 0.3) is 0 Å². The number of aryl methyl sites for hydroxylation is 1. The summed E-state index contributed by atoms with van der Waals surface area (Å²) < 4.78 is 0. The first-order valence-electron chi connectivity index (χ1n) is 5.14. The summed E-state index contributed by atoms with van der Waals surface area (Å²) in [4.78, 5) is 6.71. The summed E-state index contributed by atoms with van der Waals surface area (Å²) in [5, 5.41) is 0. The molecule has 0 amide bonds. The molecular formula is C11H17N3. The van der Waals surface area contributed by atoms with Crippen LogP contribution in [0.3, 0.4) is 0 Å². The molecule has 1 aromatic heterocycles. The maximum absolute atomic E-state index is 5.86. The van der Waals surface area contributed by atoms with Crippen LogP contribution in [0, 0.1) is 12.8 Å². The molecule has 1 atom stereocenters. The Morgan fingerprint density at radius 3 is 2.93 bits per heavy atom. The topological polar surface area (TPSA) is 42.2 Å². The molecular weight excluding hydrogens is 174 g/mol. The van der Waals surface area contributed by atoms with Gasteiger partial charge in [0.2, 0.25) is 0 Å². The van der Waals surface area contributed by atoms with Crippen molar-refractivity contribution in [1.29, 1.82) is 0 Å². The summed E-state index contributed by atoms with van der Waals surface area (Å²) in [6, 6.07) is 1.98. The van der Waals surface area contributed by atoms with E-state index >= 15 is 0 Å². The highest BCUT2D eigenvalue weighted by molar-refractivity contribution is 5.55. The summed E-state index contributed by atoms with van der Waals surface area (Å²) in [6.07, 6.45) is 3.11. The number of hydrogen-bond acceptors (Lipinski definition) is 3. The average molecular weight is 191 g/mol. The van der Waals surface area contributed by atoms with Crippen molar-refractivity contribution in [2.75, 3.05) is 23.7 Å². The van der Waals surface area contributed by atoms with Crippen molar-refractivity contribution in [3.05, 3.63) is 17.8 Å². The third-order valence-corrected chi connectivity index (χ3v) is 2.88. The van der Waals surface area contributed by atoms with Gasteiger partial charge >= 0.3 is 0 Å². The zero-order chi connectivity index (χ0) is 10.1. The van der Waals surface area contributed by atoms with Crippen molar-refractivity contribution in [3.8, 4) is 0 Å². The molecule has 3 heteroatoms. The van der Waals surface area contributed by atoms with Gasteiger partial charge in [-0.15, -0.1) is 0 Å². The molecule has 0 bridgehead atoms. The molecule has 76 valence electrons. The Balaban J connectivity index is 2.20.